The molecule has 0 saturated carbocycles. The number of urea groups is 1. The van der Waals surface area contributed by atoms with Gasteiger partial charge in [-0.1, -0.05) is 66.2 Å². The number of benzene rings is 3. The van der Waals surface area contributed by atoms with E-state index in [0.29, 0.717) is 23.7 Å². The van der Waals surface area contributed by atoms with E-state index in [0.717, 1.165) is 17.5 Å². The first-order valence-electron chi connectivity index (χ1n) is 9.28. The number of carbonyl (C=O) groups excluding carboxylic acids is 1. The average Bonchev–Trinajstić information content (AvgIpc) is 2.74. The van der Waals surface area contributed by atoms with Crippen LogP contribution in [-0.4, -0.2) is 22.6 Å². The minimum atomic E-state index is -0.389. The highest BCUT2D eigenvalue weighted by atomic mass is 35.5. The monoisotopic (exact) mass is 392 g/mol. The third-order valence-corrected chi connectivity index (χ3v) is 5.35. The number of hydrogen-bond acceptors (Lipinski definition) is 2. The molecule has 28 heavy (non-hydrogen) atoms. The largest absolute Gasteiger partial charge is 0.508 e. The Labute approximate surface area is 169 Å². The summed E-state index contributed by atoms with van der Waals surface area (Å²) < 4.78 is 0. The van der Waals surface area contributed by atoms with Crippen molar-refractivity contribution >= 4 is 17.6 Å². The summed E-state index contributed by atoms with van der Waals surface area (Å²) in [6, 6.07) is 22.3. The van der Waals surface area contributed by atoms with Gasteiger partial charge in [-0.05, 0) is 41.3 Å². The lowest BCUT2D eigenvalue weighted by Crippen LogP contribution is -2.45. The normalized spacial score (nSPS) is 15.8. The molecule has 4 rings (SSSR count). The van der Waals surface area contributed by atoms with Crippen LogP contribution in [0.4, 0.5) is 4.79 Å². The SMILES string of the molecule is O=C(NCc1ccccc1)N1CCc2ccccc2C1c1cc(Cl)ccc1O. The van der Waals surface area contributed by atoms with E-state index in [1.54, 1.807) is 23.1 Å². The van der Waals surface area contributed by atoms with Crippen molar-refractivity contribution < 1.29 is 9.90 Å². The number of aromatic hydroxyl groups is 1. The molecule has 2 N–H and O–H groups in total. The van der Waals surface area contributed by atoms with E-state index in [4.69, 9.17) is 11.6 Å². The Hall–Kier alpha value is -2.98. The molecule has 1 atom stereocenters. The van der Waals surface area contributed by atoms with Crippen LogP contribution in [0.2, 0.25) is 5.02 Å². The molecule has 0 bridgehead atoms. The van der Waals surface area contributed by atoms with Crippen LogP contribution < -0.4 is 5.32 Å². The number of hydrogen-bond donors (Lipinski definition) is 2. The zero-order chi connectivity index (χ0) is 19.5. The van der Waals surface area contributed by atoms with Crippen LogP contribution in [0, 0.1) is 0 Å². The van der Waals surface area contributed by atoms with Gasteiger partial charge in [-0.2, -0.15) is 0 Å². The molecule has 0 aromatic heterocycles. The van der Waals surface area contributed by atoms with Crippen molar-refractivity contribution in [1.82, 2.24) is 10.2 Å². The van der Waals surface area contributed by atoms with Crippen molar-refractivity contribution in [2.45, 2.75) is 19.0 Å². The average molecular weight is 393 g/mol. The van der Waals surface area contributed by atoms with Gasteiger partial charge in [0.2, 0.25) is 0 Å². The first kappa shape index (κ1) is 18.4. The molecular weight excluding hydrogens is 372 g/mol. The maximum Gasteiger partial charge on any atom is 0.318 e. The molecule has 142 valence electrons. The number of phenols is 1. The van der Waals surface area contributed by atoms with Gasteiger partial charge in [-0.3, -0.25) is 0 Å². The van der Waals surface area contributed by atoms with Crippen LogP contribution >= 0.6 is 11.6 Å². The molecule has 1 unspecified atom stereocenters. The number of carbonyl (C=O) groups is 1. The van der Waals surface area contributed by atoms with Gasteiger partial charge < -0.3 is 15.3 Å². The number of amides is 2. The number of nitrogens with zero attached hydrogens (tertiary/aromatic N) is 1. The highest BCUT2D eigenvalue weighted by Gasteiger charge is 2.33. The van der Waals surface area contributed by atoms with Crippen LogP contribution in [0.1, 0.15) is 28.3 Å². The number of halogens is 1. The molecule has 1 aliphatic heterocycles. The lowest BCUT2D eigenvalue weighted by atomic mass is 9.88. The summed E-state index contributed by atoms with van der Waals surface area (Å²) in [6.07, 6.45) is 0.771. The first-order valence-corrected chi connectivity index (χ1v) is 9.66. The lowest BCUT2D eigenvalue weighted by molar-refractivity contribution is 0.179. The van der Waals surface area contributed by atoms with E-state index >= 15 is 0 Å². The predicted octanol–water partition coefficient (Wildman–Crippen LogP) is 4.90. The minimum Gasteiger partial charge on any atom is -0.508 e. The Bertz CT molecular complexity index is 991. The lowest BCUT2D eigenvalue weighted by Gasteiger charge is -2.38. The minimum absolute atomic E-state index is 0.131. The summed E-state index contributed by atoms with van der Waals surface area (Å²) in [5, 5.41) is 14.0. The molecule has 3 aromatic rings. The van der Waals surface area contributed by atoms with Crippen LogP contribution in [-0.2, 0) is 13.0 Å². The van der Waals surface area contributed by atoms with E-state index in [1.807, 2.05) is 48.5 Å². The molecule has 2 amide bonds. The van der Waals surface area contributed by atoms with Gasteiger partial charge >= 0.3 is 6.03 Å². The van der Waals surface area contributed by atoms with Crippen molar-refractivity contribution in [2.24, 2.45) is 0 Å². The van der Waals surface area contributed by atoms with Gasteiger partial charge in [0.15, 0.2) is 0 Å². The standard InChI is InChI=1S/C23H21ClN2O2/c24-18-10-11-21(27)20(14-18)22-19-9-5-4-8-17(19)12-13-26(22)23(28)25-15-16-6-2-1-3-7-16/h1-11,14,22,27H,12-13,15H2,(H,25,28). The fourth-order valence-electron chi connectivity index (χ4n) is 3.74. The maximum atomic E-state index is 13.1. The maximum absolute atomic E-state index is 13.1. The molecule has 1 aliphatic rings. The Balaban J connectivity index is 1.67. The van der Waals surface area contributed by atoms with Crippen molar-refractivity contribution in [1.29, 1.82) is 0 Å². The number of phenolic OH excluding ortho intramolecular Hbond substituents is 1. The zero-order valence-electron chi connectivity index (χ0n) is 15.3. The molecular formula is C23H21ClN2O2. The molecule has 4 nitrogen and oxygen atoms in total. The van der Waals surface area contributed by atoms with Gasteiger partial charge in [-0.25, -0.2) is 4.79 Å². The third kappa shape index (κ3) is 3.69. The fraction of sp³-hybridized carbons (Fsp3) is 0.174. The second-order valence-corrected chi connectivity index (χ2v) is 7.33. The second-order valence-electron chi connectivity index (χ2n) is 6.89. The highest BCUT2D eigenvalue weighted by molar-refractivity contribution is 6.30. The van der Waals surface area contributed by atoms with Crippen molar-refractivity contribution in [3.63, 3.8) is 0 Å². The van der Waals surface area contributed by atoms with Crippen LogP contribution in [0.3, 0.4) is 0 Å². The van der Waals surface area contributed by atoms with E-state index in [1.165, 1.54) is 5.56 Å². The predicted molar refractivity (Wildman–Crippen MR) is 110 cm³/mol. The summed E-state index contributed by atoms with van der Waals surface area (Å²) in [7, 11) is 0. The summed E-state index contributed by atoms with van der Waals surface area (Å²) in [5.74, 6) is 0.131. The smallest absolute Gasteiger partial charge is 0.318 e. The van der Waals surface area contributed by atoms with E-state index in [2.05, 4.69) is 11.4 Å². The van der Waals surface area contributed by atoms with Gasteiger partial charge in [0.1, 0.15) is 5.75 Å². The van der Waals surface area contributed by atoms with E-state index in [9.17, 15) is 9.90 Å². The molecule has 0 fully saturated rings. The molecule has 0 saturated heterocycles. The first-order chi connectivity index (χ1) is 13.6. The highest BCUT2D eigenvalue weighted by Crippen LogP contribution is 2.39. The molecule has 0 radical (unpaired) electrons. The van der Waals surface area contributed by atoms with Gasteiger partial charge in [-0.15, -0.1) is 0 Å². The van der Waals surface area contributed by atoms with E-state index < -0.39 is 0 Å². The topological polar surface area (TPSA) is 52.6 Å². The Morgan fingerprint density at radius 2 is 1.79 bits per heavy atom. The van der Waals surface area contributed by atoms with Crippen molar-refractivity contribution in [2.75, 3.05) is 6.54 Å². The fourth-order valence-corrected chi connectivity index (χ4v) is 3.92. The van der Waals surface area contributed by atoms with Crippen molar-refractivity contribution in [3.8, 4) is 5.75 Å². The Morgan fingerprint density at radius 1 is 1.04 bits per heavy atom. The molecule has 3 aromatic carbocycles. The summed E-state index contributed by atoms with van der Waals surface area (Å²) in [5.41, 5.74) is 3.87. The molecule has 5 heteroatoms. The number of nitrogens with one attached hydrogen (secondary N) is 1. The van der Waals surface area contributed by atoms with Crippen LogP contribution in [0.15, 0.2) is 72.8 Å². The number of rotatable bonds is 3. The van der Waals surface area contributed by atoms with Crippen molar-refractivity contribution in [3.05, 3.63) is 100 Å². The third-order valence-electron chi connectivity index (χ3n) is 5.11. The number of fused-ring (bicyclic) bond motifs is 1. The molecule has 0 spiro atoms. The summed E-state index contributed by atoms with van der Waals surface area (Å²) >= 11 is 6.20. The van der Waals surface area contributed by atoms with E-state index in [-0.39, 0.29) is 17.8 Å². The Kier molecular flexibility index (Phi) is 5.22. The van der Waals surface area contributed by atoms with Crippen LogP contribution in [0.5, 0.6) is 5.75 Å². The van der Waals surface area contributed by atoms with Gasteiger partial charge in [0, 0.05) is 23.7 Å². The molecule has 0 aliphatic carbocycles. The summed E-state index contributed by atoms with van der Waals surface area (Å²) in [4.78, 5) is 14.8. The summed E-state index contributed by atoms with van der Waals surface area (Å²) in [6.45, 7) is 1.01. The zero-order valence-corrected chi connectivity index (χ0v) is 16.1. The van der Waals surface area contributed by atoms with Gasteiger partial charge in [0.05, 0.1) is 6.04 Å². The molecule has 1 heterocycles. The quantitative estimate of drug-likeness (QED) is 0.665. The van der Waals surface area contributed by atoms with Gasteiger partial charge in [0.25, 0.3) is 0 Å². The second kappa shape index (κ2) is 7.95. The van der Waals surface area contributed by atoms with Crippen LogP contribution in [0.25, 0.3) is 0 Å². The Morgan fingerprint density at radius 3 is 2.61 bits per heavy atom.